The molecule has 1 saturated heterocycles. The van der Waals surface area contributed by atoms with Gasteiger partial charge in [-0.1, -0.05) is 83.5 Å². The van der Waals surface area contributed by atoms with E-state index in [1.54, 1.807) is 0 Å². The van der Waals surface area contributed by atoms with Gasteiger partial charge >= 0.3 is 6.47 Å². The van der Waals surface area contributed by atoms with Crippen LogP contribution in [0.3, 0.4) is 0 Å². The molecule has 4 saturated carbocycles. The lowest BCUT2D eigenvalue weighted by atomic mass is 9.44. The Hall–Kier alpha value is -0.980. The highest BCUT2D eigenvalue weighted by atomic mass is 127. The minimum Gasteiger partial charge on any atom is -0.360 e. The number of halogens is 2. The summed E-state index contributed by atoms with van der Waals surface area (Å²) in [5.74, 6) is 5.60. The van der Waals surface area contributed by atoms with Crippen molar-refractivity contribution in [2.75, 3.05) is 13.1 Å². The van der Waals surface area contributed by atoms with Gasteiger partial charge in [-0.3, -0.25) is 15.1 Å². The molecule has 9 heteroatoms. The van der Waals surface area contributed by atoms with Crippen LogP contribution in [-0.4, -0.2) is 44.0 Å². The maximum atomic E-state index is 9.85. The number of nitrogens with two attached hydrogens (primary N) is 1. The third-order valence-electron chi connectivity index (χ3n) is 14.5. The molecule has 5 aliphatic rings. The van der Waals surface area contributed by atoms with Gasteiger partial charge in [0.05, 0.1) is 6.10 Å². The number of nitrogens with one attached hydrogen (secondary N) is 2. The first-order chi connectivity index (χ1) is 24.1. The molecule has 1 heterocycles. The third-order valence-corrected chi connectivity index (χ3v) is 14.5. The first kappa shape index (κ1) is 40.2. The molecule has 4 N–H and O–H groups in total. The molecule has 0 amide bonds. The fourth-order valence-electron chi connectivity index (χ4n) is 11.8. The maximum absolute atomic E-state index is 9.85. The molecular formula is C41H63FIN3O3S. The van der Waals surface area contributed by atoms with E-state index >= 15 is 0 Å². The number of thiol groups is 1. The van der Waals surface area contributed by atoms with E-state index < -0.39 is 0 Å². The molecule has 0 radical (unpaired) electrons. The van der Waals surface area contributed by atoms with Gasteiger partial charge in [0.2, 0.25) is 0 Å². The fraction of sp³-hybridized carbons (Fsp3) is 0.732. The average Bonchev–Trinajstić information content (AvgIpc) is 3.62. The van der Waals surface area contributed by atoms with E-state index in [1.165, 1.54) is 74.1 Å². The first-order valence-electron chi connectivity index (χ1n) is 19.3. The number of benzene rings is 2. The molecule has 4 aliphatic carbocycles. The van der Waals surface area contributed by atoms with Gasteiger partial charge in [0, 0.05) is 35.6 Å². The fourth-order valence-corrected chi connectivity index (χ4v) is 11.8. The summed E-state index contributed by atoms with van der Waals surface area (Å²) < 4.78 is 16.7. The lowest BCUT2D eigenvalue weighted by molar-refractivity contribution is -0.165. The number of hydrogen-bond acceptors (Lipinski definition) is 7. The molecule has 50 heavy (non-hydrogen) atoms. The van der Waals surface area contributed by atoms with Crippen molar-refractivity contribution in [3.05, 3.63) is 48.0 Å². The van der Waals surface area contributed by atoms with Crippen LogP contribution < -0.4 is 16.4 Å². The summed E-state index contributed by atoms with van der Waals surface area (Å²) in [6.45, 7) is 14.3. The minimum atomic E-state index is -0.292. The largest absolute Gasteiger partial charge is 0.360 e. The van der Waals surface area contributed by atoms with Crippen molar-refractivity contribution in [1.82, 2.24) is 10.6 Å². The van der Waals surface area contributed by atoms with Crippen molar-refractivity contribution in [3.63, 3.8) is 0 Å². The van der Waals surface area contributed by atoms with Crippen molar-refractivity contribution in [1.29, 1.82) is 0 Å². The number of carbonyl (C=O) groups is 1. The summed E-state index contributed by atoms with van der Waals surface area (Å²) in [4.78, 5) is 10.9. The molecule has 1 aliphatic heterocycles. The molecule has 5 fully saturated rings. The van der Waals surface area contributed by atoms with E-state index in [0.29, 0.717) is 28.9 Å². The van der Waals surface area contributed by atoms with Gasteiger partial charge in [-0.2, -0.15) is 0 Å². The SMILES string of the molecule is CC[C@H](C)CN[C@H]1O[C@H]2CC3[C@@H]4CCC5CC(NC[C@@H](N)Cc6ccc7ccccc7c6)CC[C@]5(C)C4CC[C@]3(C)C2[C@@H]1C.O=COF.SI. The van der Waals surface area contributed by atoms with Crippen molar-refractivity contribution in [2.45, 2.75) is 123 Å². The highest BCUT2D eigenvalue weighted by Gasteiger charge is 2.65. The summed E-state index contributed by atoms with van der Waals surface area (Å²) in [5.41, 5.74) is 9.02. The normalized spacial score (nSPS) is 38.1. The lowest BCUT2D eigenvalue weighted by Crippen LogP contribution is -2.56. The van der Waals surface area contributed by atoms with Gasteiger partial charge in [0.1, 0.15) is 6.23 Å². The number of carbonyl (C=O) groups excluding carboxylic acids is 1. The highest BCUT2D eigenvalue weighted by Crippen LogP contribution is 2.69. The highest BCUT2D eigenvalue weighted by molar-refractivity contribution is 14.2. The molecule has 5 unspecified atom stereocenters. The first-order valence-corrected chi connectivity index (χ1v) is 22.6. The molecule has 13 atom stereocenters. The maximum Gasteiger partial charge on any atom is 0.337 e. The van der Waals surface area contributed by atoms with Crippen LogP contribution in [0, 0.1) is 52.3 Å². The molecule has 7 rings (SSSR count). The third kappa shape index (κ3) is 8.38. The predicted molar refractivity (Wildman–Crippen MR) is 215 cm³/mol. The predicted octanol–water partition coefficient (Wildman–Crippen LogP) is 9.24. The number of ether oxygens (including phenoxy) is 1. The molecule has 6 nitrogen and oxygen atoms in total. The van der Waals surface area contributed by atoms with Gasteiger partial charge in [0.15, 0.2) is 0 Å². The Balaban J connectivity index is 0.000000758. The van der Waals surface area contributed by atoms with Crippen molar-refractivity contribution in [3.8, 4) is 0 Å². The molecular weight excluding hydrogens is 760 g/mol. The second kappa shape index (κ2) is 17.9. The van der Waals surface area contributed by atoms with E-state index in [2.05, 4.69) is 102 Å². The van der Waals surface area contributed by atoms with Crippen molar-refractivity contribution < 1.29 is 19.0 Å². The summed E-state index contributed by atoms with van der Waals surface area (Å²) in [7, 11) is 3.50. The summed E-state index contributed by atoms with van der Waals surface area (Å²) >= 11 is 1.84. The van der Waals surface area contributed by atoms with E-state index in [4.69, 9.17) is 15.3 Å². The second-order valence-corrected chi connectivity index (χ2v) is 17.0. The van der Waals surface area contributed by atoms with Crippen LogP contribution in [0.5, 0.6) is 0 Å². The number of fused-ring (bicyclic) bond motifs is 8. The van der Waals surface area contributed by atoms with Crippen molar-refractivity contribution >= 4 is 48.3 Å². The van der Waals surface area contributed by atoms with Crippen molar-refractivity contribution in [2.24, 2.45) is 58.0 Å². The summed E-state index contributed by atoms with van der Waals surface area (Å²) in [5, 5.41) is 10.4. The van der Waals surface area contributed by atoms with Gasteiger partial charge < -0.3 is 15.8 Å². The molecule has 0 bridgehead atoms. The Labute approximate surface area is 318 Å². The monoisotopic (exact) mass is 823 g/mol. The van der Waals surface area contributed by atoms with E-state index in [1.807, 2.05) is 21.2 Å². The Morgan fingerprint density at radius 2 is 1.74 bits per heavy atom. The van der Waals surface area contributed by atoms with E-state index in [-0.39, 0.29) is 18.7 Å². The van der Waals surface area contributed by atoms with Gasteiger partial charge in [-0.15, -0.1) is 9.80 Å². The Morgan fingerprint density at radius 3 is 2.46 bits per heavy atom. The van der Waals surface area contributed by atoms with Crippen LogP contribution in [-0.2, 0) is 20.9 Å². The summed E-state index contributed by atoms with van der Waals surface area (Å²) in [6.07, 6.45) is 14.0. The van der Waals surface area contributed by atoms with E-state index in [9.17, 15) is 4.53 Å². The van der Waals surface area contributed by atoms with E-state index in [0.717, 1.165) is 55.0 Å². The van der Waals surface area contributed by atoms with Crippen LogP contribution in [0.2, 0.25) is 0 Å². The average molecular weight is 824 g/mol. The number of hydrogen-bond donors (Lipinski definition) is 4. The molecule has 2 aromatic rings. The molecule has 0 spiro atoms. The standard InChI is InChI=1S/C40H61N3O.CHFO2.HIS/c1-6-25(2)23-43-38-26(3)37-36(44-38)22-35-33-14-13-30-21-32(15-17-39(30,4)34(33)16-18-40(35,37)5)42-24-31(41)20-27-11-12-28-9-7-8-10-29(28)19-27;2-4-1-3;1-2/h7-12,19,25-26,30-38,42-43H,6,13-18,20-24,41H2,1-5H3;1H;2H/t25-,26-,30?,31-,32?,33+,34?,35?,36-,37?,38-,39-,40-;;/m0../s1. The zero-order valence-corrected chi connectivity index (χ0v) is 34.0. The molecule has 2 aromatic carbocycles. The quantitative estimate of drug-likeness (QED) is 0.109. The Morgan fingerprint density at radius 1 is 1.02 bits per heavy atom. The van der Waals surface area contributed by atoms with Gasteiger partial charge in [-0.25, -0.2) is 0 Å². The minimum absolute atomic E-state index is 0.160. The van der Waals surface area contributed by atoms with Crippen LogP contribution in [0.15, 0.2) is 42.5 Å². The zero-order chi connectivity index (χ0) is 36.1. The van der Waals surface area contributed by atoms with Gasteiger partial charge in [0.25, 0.3) is 0 Å². The molecule has 0 aromatic heterocycles. The topological polar surface area (TPSA) is 85.6 Å². The Bertz CT molecular complexity index is 1390. The van der Waals surface area contributed by atoms with Crippen LogP contribution in [0.4, 0.5) is 4.53 Å². The van der Waals surface area contributed by atoms with Crippen LogP contribution in [0.25, 0.3) is 10.8 Å². The number of rotatable bonds is 10. The zero-order valence-electron chi connectivity index (χ0n) is 31.0. The lowest BCUT2D eigenvalue weighted by Gasteiger charge is -2.61. The Kier molecular flexibility index (Phi) is 14.4. The second-order valence-electron chi connectivity index (χ2n) is 17.0. The van der Waals surface area contributed by atoms with Crippen LogP contribution in [0.1, 0.15) is 98.0 Å². The summed E-state index contributed by atoms with van der Waals surface area (Å²) in [6, 6.07) is 16.2. The van der Waals surface area contributed by atoms with Crippen LogP contribution >= 0.6 is 31.0 Å². The molecule has 280 valence electrons. The van der Waals surface area contributed by atoms with Gasteiger partial charge in [-0.05, 0) is 142 Å². The smallest absolute Gasteiger partial charge is 0.337 e.